The largest absolute Gasteiger partial charge is 0.382 e. The maximum absolute atomic E-state index is 12.0. The molecule has 1 fully saturated rings. The highest BCUT2D eigenvalue weighted by Crippen LogP contribution is 2.29. The van der Waals surface area contributed by atoms with Crippen LogP contribution in [0.5, 0.6) is 0 Å². The molecule has 0 spiro atoms. The summed E-state index contributed by atoms with van der Waals surface area (Å²) in [5.74, 6) is 1.01. The molecule has 0 atom stereocenters. The highest BCUT2D eigenvalue weighted by molar-refractivity contribution is 7.18. The molecule has 1 aromatic heterocycles. The molecule has 0 aromatic carbocycles. The number of rotatable bonds is 6. The summed E-state index contributed by atoms with van der Waals surface area (Å²) in [6.45, 7) is 4.78. The van der Waals surface area contributed by atoms with Crippen molar-refractivity contribution < 1.29 is 4.79 Å². The number of nitrogens with one attached hydrogen (secondary N) is 2. The first-order valence-corrected chi connectivity index (χ1v) is 7.69. The summed E-state index contributed by atoms with van der Waals surface area (Å²) >= 11 is 1.32. The molecular weight excluding hydrogens is 260 g/mol. The Kier molecular flexibility index (Phi) is 4.63. The molecule has 1 aliphatic rings. The van der Waals surface area contributed by atoms with Gasteiger partial charge in [0, 0.05) is 12.6 Å². The van der Waals surface area contributed by atoms with Crippen LogP contribution in [-0.2, 0) is 0 Å². The van der Waals surface area contributed by atoms with Crippen molar-refractivity contribution in [2.24, 2.45) is 5.92 Å². The number of carbonyl (C=O) groups is 1. The molecule has 1 amide bonds. The van der Waals surface area contributed by atoms with E-state index in [1.807, 2.05) is 13.8 Å². The Morgan fingerprint density at radius 1 is 1.53 bits per heavy atom. The van der Waals surface area contributed by atoms with Gasteiger partial charge in [0.15, 0.2) is 5.13 Å². The maximum atomic E-state index is 12.0. The summed E-state index contributed by atoms with van der Waals surface area (Å²) in [6.07, 6.45) is 5.02. The monoisotopic (exact) mass is 282 g/mol. The van der Waals surface area contributed by atoms with Crippen LogP contribution in [0.3, 0.4) is 0 Å². The molecule has 0 radical (unpaired) electrons. The van der Waals surface area contributed by atoms with E-state index in [-0.39, 0.29) is 11.9 Å². The van der Waals surface area contributed by atoms with Crippen LogP contribution in [0.1, 0.15) is 49.2 Å². The van der Waals surface area contributed by atoms with Crippen LogP contribution in [0.25, 0.3) is 0 Å². The Balaban J connectivity index is 1.85. The number of amides is 1. The molecule has 0 unspecified atom stereocenters. The van der Waals surface area contributed by atoms with Gasteiger partial charge in [0.25, 0.3) is 5.91 Å². The average molecular weight is 282 g/mol. The lowest BCUT2D eigenvalue weighted by Crippen LogP contribution is -2.27. The van der Waals surface area contributed by atoms with E-state index in [0.29, 0.717) is 15.8 Å². The van der Waals surface area contributed by atoms with Crippen molar-refractivity contribution >= 4 is 28.2 Å². The van der Waals surface area contributed by atoms with Gasteiger partial charge in [-0.2, -0.15) is 0 Å². The molecule has 1 saturated carbocycles. The number of thiazole rings is 1. The quantitative estimate of drug-likeness (QED) is 0.749. The molecule has 1 heterocycles. The second-order valence-corrected chi connectivity index (χ2v) is 6.37. The molecule has 1 aliphatic carbocycles. The zero-order valence-electron chi connectivity index (χ0n) is 11.5. The minimum absolute atomic E-state index is 0.105. The fourth-order valence-electron chi connectivity index (χ4n) is 2.05. The number of nitrogens with two attached hydrogens (primary N) is 1. The number of hydrogen-bond donors (Lipinski definition) is 3. The van der Waals surface area contributed by atoms with E-state index in [1.165, 1.54) is 30.6 Å². The van der Waals surface area contributed by atoms with Crippen LogP contribution >= 0.6 is 11.3 Å². The highest BCUT2D eigenvalue weighted by Gasteiger charge is 2.19. The van der Waals surface area contributed by atoms with Crippen molar-refractivity contribution in [2.45, 2.75) is 45.6 Å². The van der Waals surface area contributed by atoms with Crippen LogP contribution in [0.2, 0.25) is 0 Å². The third-order valence-electron chi connectivity index (χ3n) is 3.33. The van der Waals surface area contributed by atoms with E-state index in [4.69, 9.17) is 5.73 Å². The third kappa shape index (κ3) is 3.83. The Morgan fingerprint density at radius 3 is 2.84 bits per heavy atom. The van der Waals surface area contributed by atoms with Crippen molar-refractivity contribution in [3.8, 4) is 0 Å². The molecular formula is C13H22N4OS. The van der Waals surface area contributed by atoms with E-state index in [2.05, 4.69) is 15.6 Å². The van der Waals surface area contributed by atoms with Crippen molar-refractivity contribution in [2.75, 3.05) is 17.6 Å². The topological polar surface area (TPSA) is 80.0 Å². The van der Waals surface area contributed by atoms with E-state index in [1.54, 1.807) is 0 Å². The maximum Gasteiger partial charge on any atom is 0.265 e. The second kappa shape index (κ2) is 6.23. The fourth-order valence-corrected chi connectivity index (χ4v) is 3.00. The third-order valence-corrected chi connectivity index (χ3v) is 4.34. The van der Waals surface area contributed by atoms with Gasteiger partial charge in [-0.3, -0.25) is 4.79 Å². The minimum atomic E-state index is -0.105. The minimum Gasteiger partial charge on any atom is -0.382 e. The van der Waals surface area contributed by atoms with Crippen molar-refractivity contribution in [3.05, 3.63) is 4.88 Å². The van der Waals surface area contributed by atoms with Gasteiger partial charge in [0.1, 0.15) is 10.7 Å². The van der Waals surface area contributed by atoms with Crippen LogP contribution in [-0.4, -0.2) is 23.5 Å². The van der Waals surface area contributed by atoms with Crippen LogP contribution in [0.15, 0.2) is 0 Å². The summed E-state index contributed by atoms with van der Waals surface area (Å²) in [4.78, 5) is 16.7. The lowest BCUT2D eigenvalue weighted by Gasteiger charge is -2.25. The van der Waals surface area contributed by atoms with Crippen LogP contribution in [0, 0.1) is 5.92 Å². The predicted molar refractivity (Wildman–Crippen MR) is 79.6 cm³/mol. The van der Waals surface area contributed by atoms with E-state index < -0.39 is 0 Å². The van der Waals surface area contributed by atoms with Gasteiger partial charge in [-0.15, -0.1) is 0 Å². The second-order valence-electron chi connectivity index (χ2n) is 5.37. The molecule has 1 aromatic rings. The number of aromatic nitrogens is 1. The Morgan fingerprint density at radius 2 is 2.26 bits per heavy atom. The van der Waals surface area contributed by atoms with Gasteiger partial charge in [-0.25, -0.2) is 4.98 Å². The zero-order valence-corrected chi connectivity index (χ0v) is 12.3. The SMILES string of the molecule is CC(C)Nc1nc(N)c(C(=O)NCCC2CCC2)s1. The first-order chi connectivity index (χ1) is 9.06. The number of carbonyl (C=O) groups excluding carboxylic acids is 1. The van der Waals surface area contributed by atoms with E-state index >= 15 is 0 Å². The first kappa shape index (κ1) is 14.1. The predicted octanol–water partition coefficient (Wildman–Crippen LogP) is 2.47. The van der Waals surface area contributed by atoms with Gasteiger partial charge in [0.2, 0.25) is 0 Å². The summed E-state index contributed by atoms with van der Waals surface area (Å²) in [5.41, 5.74) is 5.79. The Hall–Kier alpha value is -1.30. The van der Waals surface area contributed by atoms with Gasteiger partial charge in [0.05, 0.1) is 0 Å². The average Bonchev–Trinajstić information content (AvgIpc) is 2.61. The normalized spacial score (nSPS) is 15.3. The summed E-state index contributed by atoms with van der Waals surface area (Å²) in [7, 11) is 0. The molecule has 2 rings (SSSR count). The van der Waals surface area contributed by atoms with Crippen LogP contribution < -0.4 is 16.4 Å². The molecule has 5 nitrogen and oxygen atoms in total. The highest BCUT2D eigenvalue weighted by atomic mass is 32.1. The molecule has 6 heteroatoms. The number of anilines is 2. The molecule has 19 heavy (non-hydrogen) atoms. The molecule has 106 valence electrons. The van der Waals surface area contributed by atoms with Crippen molar-refractivity contribution in [1.82, 2.24) is 10.3 Å². The van der Waals surface area contributed by atoms with Crippen molar-refractivity contribution in [3.63, 3.8) is 0 Å². The molecule has 4 N–H and O–H groups in total. The van der Waals surface area contributed by atoms with E-state index in [9.17, 15) is 4.79 Å². The first-order valence-electron chi connectivity index (χ1n) is 6.87. The fraction of sp³-hybridized carbons (Fsp3) is 0.692. The lowest BCUT2D eigenvalue weighted by atomic mass is 9.83. The number of hydrogen-bond acceptors (Lipinski definition) is 5. The summed E-state index contributed by atoms with van der Waals surface area (Å²) in [6, 6.07) is 0.278. The standard InChI is InChI=1S/C13H22N4OS/c1-8(2)16-13-17-11(14)10(19-13)12(18)15-7-6-9-4-3-5-9/h8-9H,3-7,14H2,1-2H3,(H,15,18)(H,16,17). The van der Waals surface area contributed by atoms with Gasteiger partial charge in [-0.1, -0.05) is 30.6 Å². The van der Waals surface area contributed by atoms with Gasteiger partial charge in [-0.05, 0) is 26.2 Å². The molecule has 0 aliphatic heterocycles. The van der Waals surface area contributed by atoms with Crippen LogP contribution in [0.4, 0.5) is 10.9 Å². The summed E-state index contributed by atoms with van der Waals surface area (Å²) in [5, 5.41) is 6.80. The zero-order chi connectivity index (χ0) is 13.8. The number of nitrogens with zero attached hydrogens (tertiary/aromatic N) is 1. The Bertz CT molecular complexity index is 440. The number of nitrogen functional groups attached to an aromatic ring is 1. The van der Waals surface area contributed by atoms with Gasteiger partial charge >= 0.3 is 0 Å². The Labute approximate surface area is 118 Å². The smallest absolute Gasteiger partial charge is 0.265 e. The summed E-state index contributed by atoms with van der Waals surface area (Å²) < 4.78 is 0. The van der Waals surface area contributed by atoms with Crippen molar-refractivity contribution in [1.29, 1.82) is 0 Å². The lowest BCUT2D eigenvalue weighted by molar-refractivity contribution is 0.0953. The molecule has 0 bridgehead atoms. The van der Waals surface area contributed by atoms with E-state index in [0.717, 1.165) is 18.9 Å². The molecule has 0 saturated heterocycles. The van der Waals surface area contributed by atoms with Gasteiger partial charge < -0.3 is 16.4 Å².